The van der Waals surface area contributed by atoms with Gasteiger partial charge in [0, 0.05) is 12.8 Å². The van der Waals surface area contributed by atoms with E-state index in [1.54, 1.807) is 0 Å². The van der Waals surface area contributed by atoms with Crippen molar-refractivity contribution in [3.63, 3.8) is 0 Å². The van der Waals surface area contributed by atoms with Crippen molar-refractivity contribution in [3.05, 3.63) is 82.9 Å². The molecule has 0 saturated heterocycles. The summed E-state index contributed by atoms with van der Waals surface area (Å²) in [6.07, 6.45) is 3.07. The van der Waals surface area contributed by atoms with Gasteiger partial charge in [-0.1, -0.05) is 44.2 Å². The zero-order valence-electron chi connectivity index (χ0n) is 21.2. The molecule has 0 spiro atoms. The third kappa shape index (κ3) is 7.78. The summed E-state index contributed by atoms with van der Waals surface area (Å²) in [7, 11) is 0. The first-order chi connectivity index (χ1) is 16.9. The average molecular weight is 477 g/mol. The summed E-state index contributed by atoms with van der Waals surface area (Å²) in [5.74, 6) is 2.27. The fourth-order valence-corrected chi connectivity index (χ4v) is 3.86. The molecule has 5 nitrogen and oxygen atoms in total. The molecule has 0 saturated carbocycles. The average Bonchev–Trinajstić information content (AvgIpc) is 2.85. The third-order valence-corrected chi connectivity index (χ3v) is 6.02. The molecule has 0 unspecified atom stereocenters. The van der Waals surface area contributed by atoms with Crippen LogP contribution in [-0.2, 0) is 24.1 Å². The Labute approximate surface area is 208 Å². The van der Waals surface area contributed by atoms with Crippen LogP contribution in [0.3, 0.4) is 0 Å². The van der Waals surface area contributed by atoms with Gasteiger partial charge in [0.25, 0.3) is 0 Å². The third-order valence-electron chi connectivity index (χ3n) is 6.02. The maximum atomic E-state index is 10.9. The van der Waals surface area contributed by atoms with Gasteiger partial charge < -0.3 is 19.3 Å². The van der Waals surface area contributed by atoms with Crippen LogP contribution in [0.2, 0.25) is 0 Å². The second kappa shape index (κ2) is 12.8. The van der Waals surface area contributed by atoms with Gasteiger partial charge in [0.15, 0.2) is 11.5 Å². The Kier molecular flexibility index (Phi) is 9.59. The van der Waals surface area contributed by atoms with Crippen molar-refractivity contribution in [2.45, 2.75) is 65.9 Å². The van der Waals surface area contributed by atoms with Crippen LogP contribution in [0.4, 0.5) is 0 Å². The maximum Gasteiger partial charge on any atom is 0.303 e. The minimum absolute atomic E-state index is 0.0674. The Morgan fingerprint density at radius 1 is 0.914 bits per heavy atom. The van der Waals surface area contributed by atoms with Gasteiger partial charge in [0.2, 0.25) is 0 Å². The lowest BCUT2D eigenvalue weighted by Gasteiger charge is -2.19. The van der Waals surface area contributed by atoms with E-state index in [4.69, 9.17) is 19.3 Å². The number of carbonyl (C=O) groups is 1. The molecule has 35 heavy (non-hydrogen) atoms. The quantitative estimate of drug-likeness (QED) is 0.283. The second-order valence-electron chi connectivity index (χ2n) is 8.75. The van der Waals surface area contributed by atoms with E-state index in [0.29, 0.717) is 25.2 Å². The molecule has 0 radical (unpaired) electrons. The molecule has 1 N–H and O–H groups in total. The largest absolute Gasteiger partial charge is 0.493 e. The van der Waals surface area contributed by atoms with Gasteiger partial charge in [-0.15, -0.1) is 0 Å². The predicted octanol–water partition coefficient (Wildman–Crippen LogP) is 7.17. The molecule has 0 heterocycles. The van der Waals surface area contributed by atoms with E-state index in [1.165, 1.54) is 5.56 Å². The first kappa shape index (κ1) is 26.1. The van der Waals surface area contributed by atoms with Crippen molar-refractivity contribution >= 4 is 5.97 Å². The molecule has 0 aliphatic heterocycles. The van der Waals surface area contributed by atoms with Crippen LogP contribution in [0.15, 0.2) is 60.7 Å². The summed E-state index contributed by atoms with van der Waals surface area (Å²) in [4.78, 5) is 10.9. The van der Waals surface area contributed by atoms with Crippen molar-refractivity contribution < 1.29 is 24.1 Å². The van der Waals surface area contributed by atoms with E-state index < -0.39 is 5.97 Å². The monoisotopic (exact) mass is 476 g/mol. The molecule has 0 bridgehead atoms. The summed E-state index contributed by atoms with van der Waals surface area (Å²) in [6.45, 7) is 8.76. The number of benzene rings is 3. The molecule has 0 aliphatic rings. The van der Waals surface area contributed by atoms with Gasteiger partial charge in [-0.2, -0.15) is 0 Å². The number of aliphatic carboxylic acids is 1. The second-order valence-corrected chi connectivity index (χ2v) is 8.75. The molecule has 186 valence electrons. The summed E-state index contributed by atoms with van der Waals surface area (Å²) < 4.78 is 18.5. The summed E-state index contributed by atoms with van der Waals surface area (Å²) >= 11 is 0. The summed E-state index contributed by atoms with van der Waals surface area (Å²) in [6, 6.07) is 20.0. The lowest BCUT2D eigenvalue weighted by Crippen LogP contribution is -2.16. The topological polar surface area (TPSA) is 65.0 Å². The lowest BCUT2D eigenvalue weighted by molar-refractivity contribution is -0.136. The van der Waals surface area contributed by atoms with Crippen molar-refractivity contribution in [1.29, 1.82) is 0 Å². The Morgan fingerprint density at radius 3 is 2.43 bits per heavy atom. The highest BCUT2D eigenvalue weighted by molar-refractivity contribution is 5.67. The SMILES string of the molecule is CCc1ccc(O[C@H](C)CCOc2ccc(CCC(=O)O)c(CC)c2)c(Oc2ccccc2C)c1. The number of aryl methyl sites for hydroxylation is 4. The Hall–Kier alpha value is -3.47. The first-order valence-electron chi connectivity index (χ1n) is 12.4. The number of carboxylic acid groups (broad SMARTS) is 1. The Morgan fingerprint density at radius 2 is 1.71 bits per heavy atom. The van der Waals surface area contributed by atoms with Gasteiger partial charge in [-0.25, -0.2) is 0 Å². The predicted molar refractivity (Wildman–Crippen MR) is 139 cm³/mol. The van der Waals surface area contributed by atoms with Crippen LogP contribution < -0.4 is 14.2 Å². The Balaban J connectivity index is 1.60. The van der Waals surface area contributed by atoms with E-state index in [0.717, 1.165) is 46.8 Å². The van der Waals surface area contributed by atoms with Crippen LogP contribution in [-0.4, -0.2) is 23.8 Å². The van der Waals surface area contributed by atoms with Crippen molar-refractivity contribution in [1.82, 2.24) is 0 Å². The number of rotatable bonds is 13. The smallest absolute Gasteiger partial charge is 0.303 e. The summed E-state index contributed by atoms with van der Waals surface area (Å²) in [5, 5.41) is 8.95. The van der Waals surface area contributed by atoms with Crippen LogP contribution in [0.25, 0.3) is 0 Å². The van der Waals surface area contributed by atoms with Crippen LogP contribution >= 0.6 is 0 Å². The molecular weight excluding hydrogens is 440 g/mol. The minimum atomic E-state index is -0.779. The minimum Gasteiger partial charge on any atom is -0.493 e. The molecule has 5 heteroatoms. The van der Waals surface area contributed by atoms with E-state index in [-0.39, 0.29) is 12.5 Å². The van der Waals surface area contributed by atoms with Crippen LogP contribution in [0.1, 0.15) is 55.9 Å². The van der Waals surface area contributed by atoms with Crippen molar-refractivity contribution in [2.75, 3.05) is 6.61 Å². The molecule has 1 atom stereocenters. The van der Waals surface area contributed by atoms with Crippen LogP contribution in [0, 0.1) is 6.92 Å². The molecule has 3 aromatic rings. The zero-order valence-corrected chi connectivity index (χ0v) is 21.2. The van der Waals surface area contributed by atoms with Crippen LogP contribution in [0.5, 0.6) is 23.0 Å². The normalized spacial score (nSPS) is 11.7. The van der Waals surface area contributed by atoms with Gasteiger partial charge in [-0.3, -0.25) is 4.79 Å². The maximum absolute atomic E-state index is 10.9. The number of para-hydroxylation sites is 1. The molecule has 3 aromatic carbocycles. The van der Waals surface area contributed by atoms with Gasteiger partial charge in [0.05, 0.1) is 12.7 Å². The van der Waals surface area contributed by atoms with Crippen molar-refractivity contribution in [3.8, 4) is 23.0 Å². The highest BCUT2D eigenvalue weighted by atomic mass is 16.5. The summed E-state index contributed by atoms with van der Waals surface area (Å²) in [5.41, 5.74) is 4.45. The van der Waals surface area contributed by atoms with E-state index >= 15 is 0 Å². The molecule has 0 fully saturated rings. The fraction of sp³-hybridized carbons (Fsp3) is 0.367. The van der Waals surface area contributed by atoms with Crippen molar-refractivity contribution in [2.24, 2.45) is 0 Å². The van der Waals surface area contributed by atoms with Gasteiger partial charge in [0.1, 0.15) is 11.5 Å². The van der Waals surface area contributed by atoms with E-state index in [2.05, 4.69) is 19.9 Å². The molecule has 0 amide bonds. The van der Waals surface area contributed by atoms with E-state index in [9.17, 15) is 4.79 Å². The first-order valence-corrected chi connectivity index (χ1v) is 12.4. The lowest BCUT2D eigenvalue weighted by atomic mass is 10.0. The molecule has 0 aromatic heterocycles. The molecule has 0 aliphatic carbocycles. The standard InChI is InChI=1S/C30H36O5/c1-5-23-11-15-28(29(19-23)35-27-10-8-7-9-21(27)3)34-22(4)17-18-33-26-14-12-25(13-16-30(31)32)24(6-2)20-26/h7-12,14-15,19-20,22H,5-6,13,16-18H2,1-4H3,(H,31,32)/t22-/m1/s1. The van der Waals surface area contributed by atoms with Gasteiger partial charge in [-0.05, 0) is 85.7 Å². The highest BCUT2D eigenvalue weighted by Gasteiger charge is 2.13. The zero-order chi connectivity index (χ0) is 25.2. The fourth-order valence-electron chi connectivity index (χ4n) is 3.86. The highest BCUT2D eigenvalue weighted by Crippen LogP contribution is 2.35. The number of ether oxygens (including phenoxy) is 3. The molecular formula is C30H36O5. The Bertz CT molecular complexity index is 1120. The number of hydrogen-bond acceptors (Lipinski definition) is 4. The van der Waals surface area contributed by atoms with E-state index in [1.807, 2.05) is 68.4 Å². The molecule has 3 rings (SSSR count). The van der Waals surface area contributed by atoms with Gasteiger partial charge >= 0.3 is 5.97 Å². The number of carboxylic acids is 1. The number of hydrogen-bond donors (Lipinski definition) is 1.